The predicted octanol–water partition coefficient (Wildman–Crippen LogP) is 0.859. The average molecular weight is 240 g/mol. The average Bonchev–Trinajstić information content (AvgIpc) is 2.89. The van der Waals surface area contributed by atoms with Crippen LogP contribution in [-0.4, -0.2) is 42.7 Å². The first-order chi connectivity index (χ1) is 8.33. The third-order valence-electron chi connectivity index (χ3n) is 3.65. The van der Waals surface area contributed by atoms with Gasteiger partial charge in [-0.2, -0.15) is 0 Å². The molecule has 0 bridgehead atoms. The van der Waals surface area contributed by atoms with Gasteiger partial charge in [-0.1, -0.05) is 19.8 Å². The summed E-state index contributed by atoms with van der Waals surface area (Å²) in [5.41, 5.74) is 2.76. The van der Waals surface area contributed by atoms with Gasteiger partial charge in [-0.15, -0.1) is 0 Å². The minimum absolute atomic E-state index is 0.311. The molecular weight excluding hydrogens is 216 g/mol. The summed E-state index contributed by atoms with van der Waals surface area (Å²) >= 11 is 0. The van der Waals surface area contributed by atoms with Crippen molar-refractivity contribution < 1.29 is 4.74 Å². The van der Waals surface area contributed by atoms with E-state index in [1.807, 2.05) is 0 Å². The normalized spacial score (nSPS) is 27.5. The van der Waals surface area contributed by atoms with Gasteiger partial charge in [0.15, 0.2) is 0 Å². The smallest absolute Gasteiger partial charge is 0.208 e. The molecule has 3 N–H and O–H groups in total. The molecule has 1 heterocycles. The zero-order chi connectivity index (χ0) is 12.1. The number of ether oxygens (including phenoxy) is 1. The summed E-state index contributed by atoms with van der Waals surface area (Å²) in [6.07, 6.45) is 6.35. The maximum Gasteiger partial charge on any atom is 0.208 e. The highest BCUT2D eigenvalue weighted by atomic mass is 16.5. The lowest BCUT2D eigenvalue weighted by atomic mass is 10.2. The summed E-state index contributed by atoms with van der Waals surface area (Å²) < 4.78 is 5.66. The van der Waals surface area contributed by atoms with E-state index in [1.165, 1.54) is 25.7 Å². The highest BCUT2D eigenvalue weighted by Gasteiger charge is 2.23. The van der Waals surface area contributed by atoms with E-state index in [4.69, 9.17) is 15.6 Å². The molecule has 1 aliphatic carbocycles. The van der Waals surface area contributed by atoms with Crippen molar-refractivity contribution in [3.05, 3.63) is 0 Å². The molecule has 0 aromatic carbocycles. The Morgan fingerprint density at radius 2 is 2.24 bits per heavy atom. The van der Waals surface area contributed by atoms with Gasteiger partial charge < -0.3 is 9.64 Å². The Kier molecular flexibility index (Phi) is 4.62. The second kappa shape index (κ2) is 6.21. The van der Waals surface area contributed by atoms with Crippen LogP contribution >= 0.6 is 0 Å². The third-order valence-corrected chi connectivity index (χ3v) is 3.65. The fourth-order valence-corrected chi connectivity index (χ4v) is 2.58. The van der Waals surface area contributed by atoms with Crippen molar-refractivity contribution in [2.24, 2.45) is 10.8 Å². The second-order valence-corrected chi connectivity index (χ2v) is 4.88. The van der Waals surface area contributed by atoms with Crippen LogP contribution in [0.1, 0.15) is 39.0 Å². The van der Waals surface area contributed by atoms with Crippen LogP contribution in [0.5, 0.6) is 0 Å². The molecule has 5 nitrogen and oxygen atoms in total. The zero-order valence-corrected chi connectivity index (χ0v) is 10.7. The van der Waals surface area contributed by atoms with Crippen molar-refractivity contribution >= 4 is 5.96 Å². The number of hydrogen-bond acceptors (Lipinski definition) is 3. The van der Waals surface area contributed by atoms with Crippen LogP contribution in [-0.2, 0) is 4.74 Å². The van der Waals surface area contributed by atoms with E-state index in [1.54, 1.807) is 0 Å². The fraction of sp³-hybridized carbons (Fsp3) is 0.917. The molecule has 0 spiro atoms. The number of morpholine rings is 1. The van der Waals surface area contributed by atoms with E-state index in [2.05, 4.69) is 17.2 Å². The number of nitrogens with one attached hydrogen (secondary N) is 1. The first kappa shape index (κ1) is 12.6. The molecule has 0 radical (unpaired) electrons. The molecule has 0 aromatic heterocycles. The maximum atomic E-state index is 5.66. The highest BCUT2D eigenvalue weighted by Crippen LogP contribution is 2.21. The van der Waals surface area contributed by atoms with Gasteiger partial charge in [0.05, 0.1) is 18.8 Å². The third kappa shape index (κ3) is 3.33. The van der Waals surface area contributed by atoms with Gasteiger partial charge in [-0.3, -0.25) is 5.43 Å². The van der Waals surface area contributed by atoms with E-state index in [9.17, 15) is 0 Å². The lowest BCUT2D eigenvalue weighted by Gasteiger charge is -2.34. The molecule has 0 aromatic rings. The number of guanidine groups is 1. The first-order valence-electron chi connectivity index (χ1n) is 6.74. The minimum Gasteiger partial charge on any atom is -0.375 e. The van der Waals surface area contributed by atoms with E-state index in [-0.39, 0.29) is 0 Å². The fourth-order valence-electron chi connectivity index (χ4n) is 2.58. The number of rotatable bonds is 2. The maximum absolute atomic E-state index is 5.66. The van der Waals surface area contributed by atoms with Gasteiger partial charge in [0.25, 0.3) is 0 Å². The van der Waals surface area contributed by atoms with Gasteiger partial charge in [0.2, 0.25) is 5.96 Å². The molecule has 1 aliphatic heterocycles. The summed E-state index contributed by atoms with van der Waals surface area (Å²) in [4.78, 5) is 6.96. The van der Waals surface area contributed by atoms with Crippen molar-refractivity contribution in [3.63, 3.8) is 0 Å². The van der Waals surface area contributed by atoms with Crippen LogP contribution in [0, 0.1) is 0 Å². The van der Waals surface area contributed by atoms with Crippen LogP contribution in [0.2, 0.25) is 0 Å². The van der Waals surface area contributed by atoms with Crippen LogP contribution in [0.3, 0.4) is 0 Å². The van der Waals surface area contributed by atoms with E-state index in [0.717, 1.165) is 32.1 Å². The Labute approximate surface area is 103 Å². The lowest BCUT2D eigenvalue weighted by Crippen LogP contribution is -2.52. The Bertz CT molecular complexity index is 263. The van der Waals surface area contributed by atoms with Gasteiger partial charge in [-0.25, -0.2) is 10.8 Å². The summed E-state index contributed by atoms with van der Waals surface area (Å²) in [6.45, 7) is 4.69. The summed E-state index contributed by atoms with van der Waals surface area (Å²) in [7, 11) is 0. The minimum atomic E-state index is 0.311. The molecule has 2 aliphatic rings. The molecule has 2 rings (SSSR count). The second-order valence-electron chi connectivity index (χ2n) is 4.88. The Balaban J connectivity index is 1.96. The predicted molar refractivity (Wildman–Crippen MR) is 68.6 cm³/mol. The Hall–Kier alpha value is -0.810. The summed E-state index contributed by atoms with van der Waals surface area (Å²) in [5, 5.41) is 0. The van der Waals surface area contributed by atoms with Gasteiger partial charge in [0, 0.05) is 13.1 Å². The first-order valence-corrected chi connectivity index (χ1v) is 6.74. The molecule has 17 heavy (non-hydrogen) atoms. The molecular formula is C12H24N4O. The van der Waals surface area contributed by atoms with Gasteiger partial charge in [-0.05, 0) is 19.3 Å². The SMILES string of the molecule is CCC1CN(C(=NC2CCCC2)NN)CCO1. The number of hydrogen-bond donors (Lipinski definition) is 2. The number of aliphatic imine (C=N–C) groups is 1. The number of nitrogens with two attached hydrogens (primary N) is 1. The molecule has 1 saturated heterocycles. The van der Waals surface area contributed by atoms with Crippen molar-refractivity contribution in [1.29, 1.82) is 0 Å². The molecule has 1 saturated carbocycles. The van der Waals surface area contributed by atoms with E-state index < -0.39 is 0 Å². The zero-order valence-electron chi connectivity index (χ0n) is 10.7. The van der Waals surface area contributed by atoms with Crippen molar-refractivity contribution in [2.75, 3.05) is 19.7 Å². The van der Waals surface area contributed by atoms with Crippen molar-refractivity contribution in [3.8, 4) is 0 Å². The van der Waals surface area contributed by atoms with Crippen LogP contribution in [0.4, 0.5) is 0 Å². The topological polar surface area (TPSA) is 62.9 Å². The van der Waals surface area contributed by atoms with Crippen molar-refractivity contribution in [2.45, 2.75) is 51.2 Å². The lowest BCUT2D eigenvalue weighted by molar-refractivity contribution is -0.00818. The highest BCUT2D eigenvalue weighted by molar-refractivity contribution is 5.79. The monoisotopic (exact) mass is 240 g/mol. The summed E-state index contributed by atoms with van der Waals surface area (Å²) in [5.74, 6) is 6.45. The molecule has 2 fully saturated rings. The standard InChI is InChI=1S/C12H24N4O/c1-2-11-9-16(7-8-17-11)12(15-13)14-10-5-3-4-6-10/h10-11H,2-9,13H2,1H3,(H,14,15). The van der Waals surface area contributed by atoms with E-state index in [0.29, 0.717) is 12.1 Å². The van der Waals surface area contributed by atoms with Gasteiger partial charge >= 0.3 is 0 Å². The van der Waals surface area contributed by atoms with Crippen molar-refractivity contribution in [1.82, 2.24) is 10.3 Å². The molecule has 5 heteroatoms. The van der Waals surface area contributed by atoms with Crippen LogP contribution in [0.25, 0.3) is 0 Å². The molecule has 0 amide bonds. The Morgan fingerprint density at radius 3 is 2.88 bits per heavy atom. The molecule has 1 atom stereocenters. The molecule has 1 unspecified atom stereocenters. The van der Waals surface area contributed by atoms with Crippen LogP contribution in [0.15, 0.2) is 4.99 Å². The molecule has 98 valence electrons. The van der Waals surface area contributed by atoms with Crippen LogP contribution < -0.4 is 11.3 Å². The van der Waals surface area contributed by atoms with E-state index >= 15 is 0 Å². The Morgan fingerprint density at radius 1 is 1.47 bits per heavy atom. The summed E-state index contributed by atoms with van der Waals surface area (Å²) in [6, 6.07) is 0.462. The number of hydrazine groups is 1. The van der Waals surface area contributed by atoms with Gasteiger partial charge in [0.1, 0.15) is 0 Å². The largest absolute Gasteiger partial charge is 0.375 e. The number of nitrogens with zero attached hydrogens (tertiary/aromatic N) is 2. The quantitative estimate of drug-likeness (QED) is 0.325.